The zero-order chi connectivity index (χ0) is 12.8. The van der Waals surface area contributed by atoms with E-state index in [1.54, 1.807) is 31.2 Å². The second-order valence-electron chi connectivity index (χ2n) is 3.89. The van der Waals surface area contributed by atoms with Gasteiger partial charge >= 0.3 is 0 Å². The molecule has 0 bridgehead atoms. The highest BCUT2D eigenvalue weighted by Gasteiger charge is 2.14. The molecule has 0 fully saturated rings. The van der Waals surface area contributed by atoms with Crippen molar-refractivity contribution in [1.82, 2.24) is 0 Å². The summed E-state index contributed by atoms with van der Waals surface area (Å²) >= 11 is 0. The SMILES string of the molecule is CC(=O)Nc1ccc(C(=O)[C@@H](C)CC#N)cc1. The summed E-state index contributed by atoms with van der Waals surface area (Å²) < 4.78 is 0. The molecule has 4 heteroatoms. The minimum Gasteiger partial charge on any atom is -0.326 e. The molecule has 4 nitrogen and oxygen atoms in total. The van der Waals surface area contributed by atoms with Crippen molar-refractivity contribution in [3.8, 4) is 6.07 Å². The molecule has 88 valence electrons. The number of hydrogen-bond acceptors (Lipinski definition) is 3. The molecule has 0 radical (unpaired) electrons. The lowest BCUT2D eigenvalue weighted by Crippen LogP contribution is -2.11. The molecule has 0 aliphatic carbocycles. The van der Waals surface area contributed by atoms with Gasteiger partial charge in [-0.3, -0.25) is 9.59 Å². The van der Waals surface area contributed by atoms with Crippen molar-refractivity contribution in [3.63, 3.8) is 0 Å². The van der Waals surface area contributed by atoms with Gasteiger partial charge in [0.1, 0.15) is 0 Å². The zero-order valence-corrected chi connectivity index (χ0v) is 9.86. The van der Waals surface area contributed by atoms with Crippen molar-refractivity contribution in [2.75, 3.05) is 5.32 Å². The maximum absolute atomic E-state index is 11.8. The Labute approximate surface area is 100 Å². The number of Topliss-reactive ketones (excluding diaryl/α,β-unsaturated/α-hetero) is 1. The topological polar surface area (TPSA) is 70.0 Å². The largest absolute Gasteiger partial charge is 0.326 e. The number of nitriles is 1. The maximum Gasteiger partial charge on any atom is 0.221 e. The van der Waals surface area contributed by atoms with E-state index in [-0.39, 0.29) is 24.0 Å². The van der Waals surface area contributed by atoms with E-state index in [2.05, 4.69) is 5.32 Å². The van der Waals surface area contributed by atoms with Crippen LogP contribution >= 0.6 is 0 Å². The highest BCUT2D eigenvalue weighted by molar-refractivity contribution is 5.98. The first-order valence-electron chi connectivity index (χ1n) is 5.33. The van der Waals surface area contributed by atoms with Crippen LogP contribution in [0, 0.1) is 17.2 Å². The van der Waals surface area contributed by atoms with Crippen molar-refractivity contribution >= 4 is 17.4 Å². The van der Waals surface area contributed by atoms with Crippen LogP contribution in [0.25, 0.3) is 0 Å². The van der Waals surface area contributed by atoms with Gasteiger partial charge < -0.3 is 5.32 Å². The number of carbonyl (C=O) groups excluding carboxylic acids is 2. The van der Waals surface area contributed by atoms with E-state index in [9.17, 15) is 9.59 Å². The van der Waals surface area contributed by atoms with Crippen molar-refractivity contribution in [1.29, 1.82) is 5.26 Å². The molecule has 1 atom stereocenters. The molecule has 0 saturated heterocycles. The summed E-state index contributed by atoms with van der Waals surface area (Å²) in [4.78, 5) is 22.6. The smallest absolute Gasteiger partial charge is 0.221 e. The van der Waals surface area contributed by atoms with E-state index in [4.69, 9.17) is 5.26 Å². The Balaban J connectivity index is 2.77. The average Bonchev–Trinajstić information content (AvgIpc) is 2.28. The number of benzene rings is 1. The van der Waals surface area contributed by atoms with Crippen LogP contribution < -0.4 is 5.32 Å². The molecule has 1 aromatic carbocycles. The van der Waals surface area contributed by atoms with E-state index in [1.165, 1.54) is 6.92 Å². The van der Waals surface area contributed by atoms with E-state index in [0.717, 1.165) is 0 Å². The van der Waals surface area contributed by atoms with Gasteiger partial charge in [0.2, 0.25) is 5.91 Å². The Morgan fingerprint density at radius 1 is 1.35 bits per heavy atom. The summed E-state index contributed by atoms with van der Waals surface area (Å²) in [6.07, 6.45) is 0.215. The summed E-state index contributed by atoms with van der Waals surface area (Å²) in [6, 6.07) is 8.63. The monoisotopic (exact) mass is 230 g/mol. The molecule has 0 aliphatic heterocycles. The molecule has 0 aliphatic rings. The third-order valence-corrected chi connectivity index (χ3v) is 2.33. The van der Waals surface area contributed by atoms with Crippen molar-refractivity contribution in [3.05, 3.63) is 29.8 Å². The van der Waals surface area contributed by atoms with Crippen LogP contribution in [0.4, 0.5) is 5.69 Å². The molecule has 0 saturated carbocycles. The van der Waals surface area contributed by atoms with Gasteiger partial charge in [0.05, 0.1) is 6.07 Å². The first-order valence-corrected chi connectivity index (χ1v) is 5.33. The van der Waals surface area contributed by atoms with Gasteiger partial charge in [-0.2, -0.15) is 5.26 Å². The van der Waals surface area contributed by atoms with Gasteiger partial charge in [0, 0.05) is 30.5 Å². The van der Waals surface area contributed by atoms with Gasteiger partial charge in [-0.25, -0.2) is 0 Å². The summed E-state index contributed by atoms with van der Waals surface area (Å²) in [5.41, 5.74) is 1.21. The minimum absolute atomic E-state index is 0.0547. The Kier molecular flexibility index (Phi) is 4.41. The zero-order valence-electron chi connectivity index (χ0n) is 9.86. The summed E-state index contributed by atoms with van der Waals surface area (Å²) in [5, 5.41) is 11.1. The van der Waals surface area contributed by atoms with Gasteiger partial charge in [0.25, 0.3) is 0 Å². The van der Waals surface area contributed by atoms with E-state index < -0.39 is 0 Å². The Bertz CT molecular complexity index is 457. The van der Waals surface area contributed by atoms with Crippen LogP contribution in [-0.2, 0) is 4.79 Å². The maximum atomic E-state index is 11.8. The van der Waals surface area contributed by atoms with Gasteiger partial charge in [0.15, 0.2) is 5.78 Å². The van der Waals surface area contributed by atoms with Gasteiger partial charge in [-0.15, -0.1) is 0 Å². The van der Waals surface area contributed by atoms with Crippen LogP contribution in [0.5, 0.6) is 0 Å². The molecule has 1 amide bonds. The van der Waals surface area contributed by atoms with E-state index in [1.807, 2.05) is 6.07 Å². The standard InChI is InChI=1S/C13H14N2O2/c1-9(7-8-14)13(17)11-3-5-12(6-4-11)15-10(2)16/h3-6,9H,7H2,1-2H3,(H,15,16)/t9-/m0/s1. The quantitative estimate of drug-likeness (QED) is 0.807. The molecular weight excluding hydrogens is 216 g/mol. The number of amides is 1. The number of rotatable bonds is 4. The van der Waals surface area contributed by atoms with Crippen molar-refractivity contribution in [2.45, 2.75) is 20.3 Å². The third kappa shape index (κ3) is 3.72. The van der Waals surface area contributed by atoms with Crippen molar-refractivity contribution < 1.29 is 9.59 Å². The molecule has 17 heavy (non-hydrogen) atoms. The van der Waals surface area contributed by atoms with E-state index in [0.29, 0.717) is 11.3 Å². The van der Waals surface area contributed by atoms with Crippen LogP contribution in [0.3, 0.4) is 0 Å². The van der Waals surface area contributed by atoms with Crippen LogP contribution in [0.15, 0.2) is 24.3 Å². The first kappa shape index (κ1) is 12.9. The van der Waals surface area contributed by atoms with E-state index >= 15 is 0 Å². The fourth-order valence-electron chi connectivity index (χ4n) is 1.44. The number of nitrogens with zero attached hydrogens (tertiary/aromatic N) is 1. The fourth-order valence-corrected chi connectivity index (χ4v) is 1.44. The minimum atomic E-state index is -0.299. The highest BCUT2D eigenvalue weighted by Crippen LogP contribution is 2.15. The first-order chi connectivity index (χ1) is 8.04. The molecule has 1 aromatic rings. The fraction of sp³-hybridized carbons (Fsp3) is 0.308. The second-order valence-corrected chi connectivity index (χ2v) is 3.89. The van der Waals surface area contributed by atoms with Crippen LogP contribution in [0.1, 0.15) is 30.6 Å². The van der Waals surface area contributed by atoms with Crippen LogP contribution in [0.2, 0.25) is 0 Å². The number of nitrogens with one attached hydrogen (secondary N) is 1. The summed E-state index contributed by atoms with van der Waals surface area (Å²) in [6.45, 7) is 3.15. The number of anilines is 1. The Hall–Kier alpha value is -2.15. The van der Waals surface area contributed by atoms with Gasteiger partial charge in [-0.05, 0) is 24.3 Å². The number of carbonyl (C=O) groups is 2. The molecule has 0 unspecified atom stereocenters. The highest BCUT2D eigenvalue weighted by atomic mass is 16.1. The predicted octanol–water partition coefficient (Wildman–Crippen LogP) is 2.38. The number of ketones is 1. The Morgan fingerprint density at radius 2 is 1.94 bits per heavy atom. The normalized spacial score (nSPS) is 11.4. The lowest BCUT2D eigenvalue weighted by atomic mass is 9.97. The molecule has 1 N–H and O–H groups in total. The second kappa shape index (κ2) is 5.80. The summed E-state index contributed by atoms with van der Waals surface area (Å²) in [7, 11) is 0. The molecular formula is C13H14N2O2. The average molecular weight is 230 g/mol. The molecule has 0 heterocycles. The molecule has 0 spiro atoms. The lowest BCUT2D eigenvalue weighted by molar-refractivity contribution is -0.114. The molecule has 1 rings (SSSR count). The summed E-state index contributed by atoms with van der Waals surface area (Å²) in [5.74, 6) is -0.505. The molecule has 0 aromatic heterocycles. The Morgan fingerprint density at radius 3 is 2.41 bits per heavy atom. The predicted molar refractivity (Wildman–Crippen MR) is 64.5 cm³/mol. The number of hydrogen-bond donors (Lipinski definition) is 1. The van der Waals surface area contributed by atoms with Gasteiger partial charge in [-0.1, -0.05) is 6.92 Å². The third-order valence-electron chi connectivity index (χ3n) is 2.33. The lowest BCUT2D eigenvalue weighted by Gasteiger charge is -2.07. The van der Waals surface area contributed by atoms with Crippen molar-refractivity contribution in [2.24, 2.45) is 5.92 Å². The van der Waals surface area contributed by atoms with Crippen LogP contribution in [-0.4, -0.2) is 11.7 Å².